The van der Waals surface area contributed by atoms with Crippen LogP contribution >= 0.6 is 0 Å². The molecular weight excluding hydrogens is 159 g/mol. The second kappa shape index (κ2) is 16.0. The van der Waals surface area contributed by atoms with Gasteiger partial charge in [0.2, 0.25) is 0 Å². The van der Waals surface area contributed by atoms with Gasteiger partial charge in [-0.2, -0.15) is 0 Å². The molecule has 0 aromatic rings. The van der Waals surface area contributed by atoms with Gasteiger partial charge in [-0.1, -0.05) is 0 Å². The van der Waals surface area contributed by atoms with Gasteiger partial charge >= 0.3 is 105 Å². The molecule has 0 aromatic heterocycles. The molecule has 0 spiro atoms. The van der Waals surface area contributed by atoms with Crippen molar-refractivity contribution in [3.63, 3.8) is 0 Å². The molecule has 0 amide bonds. The molecule has 0 fully saturated rings. The second-order valence-corrected chi connectivity index (χ2v) is 0.519. The van der Waals surface area contributed by atoms with E-state index in [1.165, 1.54) is 0 Å². The summed E-state index contributed by atoms with van der Waals surface area (Å²) in [6.45, 7) is 1.08. The van der Waals surface area contributed by atoms with Crippen molar-refractivity contribution in [2.75, 3.05) is 0 Å². The van der Waals surface area contributed by atoms with E-state index in [9.17, 15) is 0 Å². The van der Waals surface area contributed by atoms with Crippen LogP contribution < -0.4 is 0 Å². The molecule has 0 atom stereocenters. The Morgan fingerprint density at radius 2 is 1.43 bits per heavy atom. The van der Waals surface area contributed by atoms with Crippen LogP contribution in [0.3, 0.4) is 0 Å². The number of rotatable bonds is 0. The van der Waals surface area contributed by atoms with E-state index in [1.54, 1.807) is 0 Å². The van der Waals surface area contributed by atoms with Crippen molar-refractivity contribution in [3.8, 4) is 0 Å². The molecule has 1 N–H and O–H groups in total. The van der Waals surface area contributed by atoms with Crippen LogP contribution in [0.25, 0.3) is 0 Å². The van der Waals surface area contributed by atoms with Gasteiger partial charge in [0.1, 0.15) is 0 Å². The van der Waals surface area contributed by atoms with E-state index >= 15 is 0 Å². The molecule has 0 saturated heterocycles. The number of carboxylic acid groups (broad SMARTS) is 1. The molecule has 0 heterocycles. The van der Waals surface area contributed by atoms with Crippen LogP contribution in [0.4, 0.5) is 0 Å². The Labute approximate surface area is 125 Å². The summed E-state index contributed by atoms with van der Waals surface area (Å²) in [7, 11) is 0. The van der Waals surface area contributed by atoms with Crippen LogP contribution in [0.5, 0.6) is 0 Å². The number of hydrogen-bond acceptors (Lipinski definition) is 1. The Bertz CT molecular complexity index is 36.7. The topological polar surface area (TPSA) is 37.3 Å². The Kier molecular flexibility index (Phi) is 51.4. The van der Waals surface area contributed by atoms with Gasteiger partial charge in [-0.25, -0.2) is 0 Å². The Balaban J connectivity index is -0.0000000150. The number of carboxylic acids is 1. The van der Waals surface area contributed by atoms with Gasteiger partial charge in [0.15, 0.2) is 0 Å². The molecule has 5 heteroatoms. The Morgan fingerprint density at radius 1 is 1.43 bits per heavy atom. The zero-order valence-electron chi connectivity index (χ0n) is 2.36. The zero-order chi connectivity index (χ0) is 3.58. The van der Waals surface area contributed by atoms with E-state index in [-0.39, 0.29) is 105 Å². The molecule has 34 valence electrons. The van der Waals surface area contributed by atoms with Crippen molar-refractivity contribution in [2.24, 2.45) is 0 Å². The zero-order valence-corrected chi connectivity index (χ0v) is 2.36. The molecule has 0 radical (unpaired) electrons. The minimum absolute atomic E-state index is 0. The SMILES string of the molecule is CC(=O)O.[CaH2].[CaH2].[NaH]. The van der Waals surface area contributed by atoms with Crippen molar-refractivity contribution in [1.82, 2.24) is 0 Å². The fraction of sp³-hybridized carbons (Fsp3) is 0.500. The molecule has 0 rings (SSSR count). The third-order valence-corrected chi connectivity index (χ3v) is 0. The van der Waals surface area contributed by atoms with Crippen LogP contribution in [0, 0.1) is 0 Å². The maximum atomic E-state index is 9.00. The summed E-state index contributed by atoms with van der Waals surface area (Å²) in [6.07, 6.45) is 0. The summed E-state index contributed by atoms with van der Waals surface area (Å²) in [6, 6.07) is 0. The van der Waals surface area contributed by atoms with Crippen molar-refractivity contribution in [3.05, 3.63) is 0 Å². The van der Waals surface area contributed by atoms with Crippen LogP contribution in [-0.2, 0) is 4.79 Å². The van der Waals surface area contributed by atoms with Crippen LogP contribution in [0.1, 0.15) is 6.92 Å². The van der Waals surface area contributed by atoms with Crippen molar-refractivity contribution >= 4 is 111 Å². The third kappa shape index (κ3) is 49.1. The van der Waals surface area contributed by atoms with Crippen LogP contribution in [0.2, 0.25) is 0 Å². The number of carbonyl (C=O) groups is 1. The van der Waals surface area contributed by atoms with E-state index in [0.29, 0.717) is 0 Å². The summed E-state index contributed by atoms with van der Waals surface area (Å²) < 4.78 is 0. The molecule has 0 saturated carbocycles. The molecule has 0 aliphatic heterocycles. The Morgan fingerprint density at radius 3 is 1.43 bits per heavy atom. The molecule has 7 heavy (non-hydrogen) atoms. The fourth-order valence-corrected chi connectivity index (χ4v) is 0. The average Bonchev–Trinajstić information content (AvgIpc) is 0.811. The van der Waals surface area contributed by atoms with Gasteiger partial charge in [-0.05, 0) is 0 Å². The molecule has 0 aromatic carbocycles. The summed E-state index contributed by atoms with van der Waals surface area (Å²) in [5.41, 5.74) is 0. The van der Waals surface area contributed by atoms with Crippen LogP contribution in [-0.4, -0.2) is 116 Å². The number of hydrogen-bond donors (Lipinski definition) is 1. The van der Waals surface area contributed by atoms with Gasteiger partial charge in [0, 0.05) is 6.92 Å². The first-order valence-corrected chi connectivity index (χ1v) is 0.928. The molecular formula is C2H9Ca2NaO2. The normalized spacial score (nSPS) is 3.57. The molecule has 2 nitrogen and oxygen atoms in total. The van der Waals surface area contributed by atoms with Gasteiger partial charge in [0.05, 0.1) is 0 Å². The van der Waals surface area contributed by atoms with E-state index in [2.05, 4.69) is 0 Å². The van der Waals surface area contributed by atoms with Gasteiger partial charge in [0.25, 0.3) is 5.97 Å². The predicted molar refractivity (Wildman–Crippen MR) is 37.5 cm³/mol. The summed E-state index contributed by atoms with van der Waals surface area (Å²) in [5.74, 6) is -0.833. The summed E-state index contributed by atoms with van der Waals surface area (Å²) in [4.78, 5) is 9.00. The van der Waals surface area contributed by atoms with Gasteiger partial charge in [-0.15, -0.1) is 0 Å². The average molecular weight is 168 g/mol. The molecule has 0 bridgehead atoms. The maximum absolute atomic E-state index is 9.00. The first-order chi connectivity index (χ1) is 1.73. The summed E-state index contributed by atoms with van der Waals surface area (Å²) >= 11 is 0. The first kappa shape index (κ1) is 22.5. The van der Waals surface area contributed by atoms with E-state index in [4.69, 9.17) is 9.90 Å². The third-order valence-electron chi connectivity index (χ3n) is 0. The summed E-state index contributed by atoms with van der Waals surface area (Å²) in [5, 5.41) is 7.42. The molecule has 0 aliphatic carbocycles. The van der Waals surface area contributed by atoms with E-state index < -0.39 is 5.97 Å². The van der Waals surface area contributed by atoms with Crippen LogP contribution in [0.15, 0.2) is 0 Å². The quantitative estimate of drug-likeness (QED) is 0.410. The monoisotopic (exact) mass is 168 g/mol. The van der Waals surface area contributed by atoms with E-state index in [1.807, 2.05) is 0 Å². The predicted octanol–water partition coefficient (Wildman–Crippen LogP) is -2.39. The Hall–Kier alpha value is 2.99. The van der Waals surface area contributed by atoms with Gasteiger partial charge < -0.3 is 5.11 Å². The molecule has 0 aliphatic rings. The van der Waals surface area contributed by atoms with Crippen molar-refractivity contribution in [2.45, 2.75) is 6.92 Å². The van der Waals surface area contributed by atoms with Gasteiger partial charge in [-0.3, -0.25) is 4.79 Å². The fourth-order valence-electron chi connectivity index (χ4n) is 0. The second-order valence-electron chi connectivity index (χ2n) is 0.519. The number of aliphatic carboxylic acids is 1. The minimum atomic E-state index is -0.833. The molecule has 0 unspecified atom stereocenters. The van der Waals surface area contributed by atoms with Crippen molar-refractivity contribution < 1.29 is 9.90 Å². The standard InChI is InChI=1S/C2H4O2.2Ca.Na.5H/c1-2(3)4;;;;;;;;/h1H3,(H,3,4);;;;;;;;. The first-order valence-electron chi connectivity index (χ1n) is 0.928. The van der Waals surface area contributed by atoms with Crippen molar-refractivity contribution in [1.29, 1.82) is 0 Å². The van der Waals surface area contributed by atoms with E-state index in [0.717, 1.165) is 6.92 Å².